The SMILES string of the molecule is N.O=S(=O)(O)O.[Cl][Zn][Cl]. The van der Waals surface area contributed by atoms with Crippen LogP contribution in [0, 0.1) is 0 Å². The summed E-state index contributed by atoms with van der Waals surface area (Å²) in [5.74, 6) is 0. The molecule has 0 radical (unpaired) electrons. The van der Waals surface area contributed by atoms with Crippen molar-refractivity contribution in [3.8, 4) is 0 Å². The topological polar surface area (TPSA) is 110 Å². The Morgan fingerprint density at radius 2 is 1.22 bits per heavy atom. The molecule has 0 aromatic heterocycles. The summed E-state index contributed by atoms with van der Waals surface area (Å²) in [6, 6.07) is 0. The van der Waals surface area contributed by atoms with Crippen molar-refractivity contribution in [3.63, 3.8) is 0 Å². The van der Waals surface area contributed by atoms with E-state index < -0.39 is 25.5 Å². The van der Waals surface area contributed by atoms with E-state index in [2.05, 4.69) is 0 Å². The molecule has 0 saturated carbocycles. The van der Waals surface area contributed by atoms with Crippen LogP contribution < -0.4 is 6.15 Å². The molecule has 0 aliphatic rings. The van der Waals surface area contributed by atoms with Gasteiger partial charge in [0.25, 0.3) is 0 Å². The van der Waals surface area contributed by atoms with Crippen molar-refractivity contribution in [1.82, 2.24) is 6.15 Å². The molecule has 0 bridgehead atoms. The van der Waals surface area contributed by atoms with Crippen LogP contribution in [0.5, 0.6) is 0 Å². The van der Waals surface area contributed by atoms with Crippen molar-refractivity contribution >= 4 is 29.8 Å². The second-order valence-electron chi connectivity index (χ2n) is 0.549. The number of rotatable bonds is 0. The third-order valence-electron chi connectivity index (χ3n) is 0. The van der Waals surface area contributed by atoms with E-state index in [1.54, 1.807) is 0 Å². The maximum absolute atomic E-state index is 8.74. The van der Waals surface area contributed by atoms with Crippen LogP contribution in [0.25, 0.3) is 0 Å². The zero-order chi connectivity index (χ0) is 7.21. The van der Waals surface area contributed by atoms with Gasteiger partial charge in [-0.15, -0.1) is 0 Å². The van der Waals surface area contributed by atoms with Gasteiger partial charge in [0.1, 0.15) is 0 Å². The Morgan fingerprint density at radius 1 is 1.22 bits per heavy atom. The molecule has 5 nitrogen and oxygen atoms in total. The van der Waals surface area contributed by atoms with Crippen LogP contribution >= 0.6 is 19.4 Å². The van der Waals surface area contributed by atoms with Gasteiger partial charge in [0.15, 0.2) is 0 Å². The molecule has 9 heavy (non-hydrogen) atoms. The second-order valence-corrected chi connectivity index (χ2v) is 6.07. The van der Waals surface area contributed by atoms with Crippen molar-refractivity contribution < 1.29 is 32.7 Å². The summed E-state index contributed by atoms with van der Waals surface area (Å²) in [7, 11) is 5.24. The van der Waals surface area contributed by atoms with Crippen LogP contribution in [0.2, 0.25) is 0 Å². The molecule has 56 valence electrons. The molecule has 0 heterocycles. The molecule has 0 aromatic carbocycles. The molecule has 0 saturated heterocycles. The van der Waals surface area contributed by atoms with Crippen LogP contribution in [0.4, 0.5) is 0 Å². The number of hydrogen-bond acceptors (Lipinski definition) is 3. The predicted octanol–water partition coefficient (Wildman–Crippen LogP) is 0.886. The minimum absolute atomic E-state index is 0. The minimum atomic E-state index is -4.67. The molecule has 0 spiro atoms. The van der Waals surface area contributed by atoms with Crippen molar-refractivity contribution in [1.29, 1.82) is 0 Å². The Labute approximate surface area is 68.6 Å². The first-order chi connectivity index (χ1) is 3.41. The van der Waals surface area contributed by atoms with E-state index in [1.807, 2.05) is 0 Å². The van der Waals surface area contributed by atoms with Gasteiger partial charge < -0.3 is 6.15 Å². The molecule has 0 rings (SSSR count). The summed E-state index contributed by atoms with van der Waals surface area (Å²) in [6.07, 6.45) is 0. The molecular formula is H5Cl2NO4SZn. The van der Waals surface area contributed by atoms with E-state index in [9.17, 15) is 0 Å². The van der Waals surface area contributed by atoms with E-state index >= 15 is 0 Å². The Kier molecular flexibility index (Phi) is 16.6. The molecule has 0 atom stereocenters. The first kappa shape index (κ1) is 16.6. The van der Waals surface area contributed by atoms with E-state index in [-0.39, 0.29) is 6.15 Å². The molecular weight excluding hydrogens is 246 g/mol. The average molecular weight is 251 g/mol. The normalized spacial score (nSPS) is 7.56. The van der Waals surface area contributed by atoms with E-state index in [4.69, 9.17) is 36.9 Å². The van der Waals surface area contributed by atoms with Gasteiger partial charge in [-0.05, 0) is 0 Å². The third kappa shape index (κ3) is 418. The van der Waals surface area contributed by atoms with Crippen molar-refractivity contribution in [2.45, 2.75) is 0 Å². The fourth-order valence-corrected chi connectivity index (χ4v) is 0. The molecule has 5 N–H and O–H groups in total. The first-order valence-electron chi connectivity index (χ1n) is 1.23. The van der Waals surface area contributed by atoms with E-state index in [1.165, 1.54) is 0 Å². The Bertz CT molecular complexity index is 113. The molecule has 0 aliphatic heterocycles. The summed E-state index contributed by atoms with van der Waals surface area (Å²) >= 11 is -0.931. The molecule has 0 fully saturated rings. The Hall–Kier alpha value is 1.03. The molecule has 0 unspecified atom stereocenters. The number of halogens is 2. The zero-order valence-corrected chi connectivity index (χ0v) is 9.58. The number of hydrogen-bond donors (Lipinski definition) is 3. The Balaban J connectivity index is -0.0000000800. The van der Waals surface area contributed by atoms with Gasteiger partial charge in [-0.1, -0.05) is 0 Å². The van der Waals surface area contributed by atoms with Crippen molar-refractivity contribution in [2.24, 2.45) is 0 Å². The fourth-order valence-electron chi connectivity index (χ4n) is 0. The van der Waals surface area contributed by atoms with E-state index in [0.29, 0.717) is 0 Å². The van der Waals surface area contributed by atoms with Crippen LogP contribution in [-0.4, -0.2) is 17.5 Å². The molecule has 0 aromatic rings. The van der Waals surface area contributed by atoms with Gasteiger partial charge in [0.05, 0.1) is 0 Å². The summed E-state index contributed by atoms with van der Waals surface area (Å²) in [6.45, 7) is 0. The van der Waals surface area contributed by atoms with Crippen LogP contribution in [-0.2, 0) is 25.5 Å². The zero-order valence-electron chi connectivity index (χ0n) is 4.29. The molecule has 9 heteroatoms. The molecule has 0 aliphatic carbocycles. The van der Waals surface area contributed by atoms with E-state index in [0.717, 1.165) is 0 Å². The van der Waals surface area contributed by atoms with Gasteiger partial charge in [-0.25, -0.2) is 0 Å². The maximum atomic E-state index is 8.74. The summed E-state index contributed by atoms with van der Waals surface area (Å²) in [5.41, 5.74) is 0. The van der Waals surface area contributed by atoms with Crippen molar-refractivity contribution in [3.05, 3.63) is 0 Å². The van der Waals surface area contributed by atoms with Crippen LogP contribution in [0.15, 0.2) is 0 Å². The van der Waals surface area contributed by atoms with Crippen molar-refractivity contribution in [2.75, 3.05) is 0 Å². The van der Waals surface area contributed by atoms with Gasteiger partial charge >= 0.3 is 44.9 Å². The van der Waals surface area contributed by atoms with Gasteiger partial charge in [-0.3, -0.25) is 9.11 Å². The summed E-state index contributed by atoms with van der Waals surface area (Å²) in [4.78, 5) is 0. The van der Waals surface area contributed by atoms with Gasteiger partial charge in [0, 0.05) is 0 Å². The predicted molar refractivity (Wildman–Crippen MR) is 30.9 cm³/mol. The average Bonchev–Trinajstić information content (AvgIpc) is 1.27. The van der Waals surface area contributed by atoms with Gasteiger partial charge in [0.2, 0.25) is 0 Å². The summed E-state index contributed by atoms with van der Waals surface area (Å²) < 4.78 is 31.6. The van der Waals surface area contributed by atoms with Gasteiger partial charge in [-0.2, -0.15) is 8.42 Å². The standard InChI is InChI=1S/2ClH.H3N.H2O4S.Zn/c;;;1-5(2,3)4;/h2*1H;1H3;(H2,1,2,3,4);/q;;;;+2/p-2. The first-order valence-corrected chi connectivity index (χ1v) is 10.4. The quantitative estimate of drug-likeness (QED) is 0.437. The monoisotopic (exact) mass is 249 g/mol. The fraction of sp³-hybridized carbons (Fsp3) is 0. The molecule has 0 amide bonds. The Morgan fingerprint density at radius 3 is 1.22 bits per heavy atom. The third-order valence-corrected chi connectivity index (χ3v) is 0. The second kappa shape index (κ2) is 9.03. The van der Waals surface area contributed by atoms with Crippen LogP contribution in [0.1, 0.15) is 0 Å². The summed E-state index contributed by atoms with van der Waals surface area (Å²) in [5, 5.41) is 0. The van der Waals surface area contributed by atoms with Crippen LogP contribution in [0.3, 0.4) is 0 Å².